The van der Waals surface area contributed by atoms with Crippen LogP contribution in [0.25, 0.3) is 0 Å². The quantitative estimate of drug-likeness (QED) is 0.644. The van der Waals surface area contributed by atoms with Crippen LogP contribution in [0, 0.1) is 20.8 Å². The van der Waals surface area contributed by atoms with Crippen molar-refractivity contribution in [2.75, 3.05) is 33.9 Å². The summed E-state index contributed by atoms with van der Waals surface area (Å²) in [6.45, 7) is 11.1. The Bertz CT molecular complexity index is 599. The minimum atomic E-state index is 0.750. The molecule has 0 atom stereocenters. The molecule has 1 aromatic heterocycles. The largest absolute Gasteiger partial charge is 0.446 e. The lowest BCUT2D eigenvalue weighted by Crippen LogP contribution is -2.10. The van der Waals surface area contributed by atoms with Gasteiger partial charge >= 0.3 is 0 Å². The number of hydrogen-bond acceptors (Lipinski definition) is 4. The Morgan fingerprint density at radius 2 is 1.46 bits per heavy atom. The first kappa shape index (κ1) is 24.4. The molecule has 1 aliphatic carbocycles. The van der Waals surface area contributed by atoms with E-state index >= 15 is 0 Å². The number of aromatic nitrogens is 1. The molecule has 2 heterocycles. The number of ether oxygens (including phenoxy) is 1. The molecule has 4 nitrogen and oxygen atoms in total. The van der Waals surface area contributed by atoms with Crippen LogP contribution in [0.15, 0.2) is 28.7 Å². The standard InChI is InChI=1S/C10H12.C6H9NO.C5H11N.C3H8O/c1-2-6-10-8-4-3-7-9(10)5-1;1-4-5(2)8-6(3)7-4;1-6-4-2-3-5-6;1-3-4-2/h1-2,5-6H,3-4,7-8H2;1-3H3;2-5H2,1H3;3H2,1-2H3. The summed E-state index contributed by atoms with van der Waals surface area (Å²) < 4.78 is 9.64. The third-order valence-corrected chi connectivity index (χ3v) is 5.01. The maximum absolute atomic E-state index is 5.10. The van der Waals surface area contributed by atoms with Gasteiger partial charge in [-0.3, -0.25) is 0 Å². The first-order chi connectivity index (χ1) is 13.5. The van der Waals surface area contributed by atoms with Crippen molar-refractivity contribution in [2.24, 2.45) is 0 Å². The Morgan fingerprint density at radius 3 is 1.71 bits per heavy atom. The molecule has 1 aliphatic heterocycles. The van der Waals surface area contributed by atoms with Crippen LogP contribution >= 0.6 is 0 Å². The fourth-order valence-electron chi connectivity index (χ4n) is 3.18. The number of benzene rings is 1. The van der Waals surface area contributed by atoms with Gasteiger partial charge < -0.3 is 14.1 Å². The van der Waals surface area contributed by atoms with Crippen LogP contribution < -0.4 is 0 Å². The highest BCUT2D eigenvalue weighted by molar-refractivity contribution is 5.28. The molecule has 1 saturated heterocycles. The summed E-state index contributed by atoms with van der Waals surface area (Å²) in [4.78, 5) is 6.41. The average Bonchev–Trinajstić information content (AvgIpc) is 3.30. The normalized spacial score (nSPS) is 15.2. The maximum atomic E-state index is 5.10. The molecule has 4 heteroatoms. The molecule has 28 heavy (non-hydrogen) atoms. The zero-order valence-electron chi connectivity index (χ0n) is 18.9. The number of fused-ring (bicyclic) bond motifs is 1. The Balaban J connectivity index is 0.000000197. The maximum Gasteiger partial charge on any atom is 0.191 e. The van der Waals surface area contributed by atoms with E-state index in [1.165, 1.54) is 51.6 Å². The molecule has 0 saturated carbocycles. The van der Waals surface area contributed by atoms with Crippen LogP contribution in [0.5, 0.6) is 0 Å². The predicted molar refractivity (Wildman–Crippen MR) is 118 cm³/mol. The third-order valence-electron chi connectivity index (χ3n) is 5.01. The monoisotopic (exact) mass is 388 g/mol. The number of aryl methyl sites for hydroxylation is 5. The summed E-state index contributed by atoms with van der Waals surface area (Å²) in [7, 11) is 3.85. The zero-order chi connectivity index (χ0) is 20.8. The van der Waals surface area contributed by atoms with E-state index in [0.29, 0.717) is 0 Å². The fraction of sp³-hybridized carbons (Fsp3) is 0.625. The highest BCUT2D eigenvalue weighted by Crippen LogP contribution is 2.19. The molecule has 158 valence electrons. The van der Waals surface area contributed by atoms with E-state index in [4.69, 9.17) is 4.42 Å². The van der Waals surface area contributed by atoms with Gasteiger partial charge in [-0.15, -0.1) is 0 Å². The van der Waals surface area contributed by atoms with E-state index in [2.05, 4.69) is 45.9 Å². The Labute approximate surface area is 172 Å². The van der Waals surface area contributed by atoms with Gasteiger partial charge in [0.25, 0.3) is 0 Å². The van der Waals surface area contributed by atoms with Gasteiger partial charge in [-0.25, -0.2) is 4.98 Å². The van der Waals surface area contributed by atoms with Crippen LogP contribution in [0.4, 0.5) is 0 Å². The van der Waals surface area contributed by atoms with Crippen LogP contribution in [-0.2, 0) is 17.6 Å². The molecule has 0 radical (unpaired) electrons. The van der Waals surface area contributed by atoms with Crippen molar-refractivity contribution in [3.05, 3.63) is 52.7 Å². The molecule has 0 spiro atoms. The number of oxazole rings is 1. The number of likely N-dealkylation sites (tertiary alicyclic amines) is 1. The summed E-state index contributed by atoms with van der Waals surface area (Å²) >= 11 is 0. The summed E-state index contributed by atoms with van der Waals surface area (Å²) in [6, 6.07) is 8.80. The van der Waals surface area contributed by atoms with Gasteiger partial charge in [0.1, 0.15) is 5.76 Å². The van der Waals surface area contributed by atoms with Crippen molar-refractivity contribution in [2.45, 2.75) is 66.2 Å². The SMILES string of the molecule is CCOC.CN1CCCC1.Cc1nc(C)c(C)o1.c1ccc2c(c1)CCCC2. The highest BCUT2D eigenvalue weighted by atomic mass is 16.5. The molecule has 0 unspecified atom stereocenters. The van der Waals surface area contributed by atoms with E-state index in [0.717, 1.165) is 24.0 Å². The van der Waals surface area contributed by atoms with Gasteiger partial charge in [0, 0.05) is 20.6 Å². The smallest absolute Gasteiger partial charge is 0.191 e. The molecule has 0 N–H and O–H groups in total. The highest BCUT2D eigenvalue weighted by Gasteiger charge is 2.06. The Kier molecular flexibility index (Phi) is 12.5. The number of hydrogen-bond donors (Lipinski definition) is 0. The first-order valence-electron chi connectivity index (χ1n) is 10.6. The second-order valence-electron chi connectivity index (χ2n) is 7.44. The van der Waals surface area contributed by atoms with Crippen molar-refractivity contribution < 1.29 is 9.15 Å². The lowest BCUT2D eigenvalue weighted by molar-refractivity contribution is 0.215. The third kappa shape index (κ3) is 10.0. The molecule has 2 aromatic rings. The van der Waals surface area contributed by atoms with E-state index in [9.17, 15) is 0 Å². The Hall–Kier alpha value is -1.65. The minimum Gasteiger partial charge on any atom is -0.446 e. The number of rotatable bonds is 1. The van der Waals surface area contributed by atoms with Crippen LogP contribution in [-0.4, -0.2) is 43.7 Å². The summed E-state index contributed by atoms with van der Waals surface area (Å²) in [6.07, 6.45) is 8.20. The van der Waals surface area contributed by atoms with Crippen molar-refractivity contribution >= 4 is 0 Å². The first-order valence-corrected chi connectivity index (χ1v) is 10.6. The summed E-state index contributed by atoms with van der Waals surface area (Å²) in [5.74, 6) is 1.67. The van der Waals surface area contributed by atoms with Crippen molar-refractivity contribution in [1.82, 2.24) is 9.88 Å². The van der Waals surface area contributed by atoms with Gasteiger partial charge in [0.15, 0.2) is 5.89 Å². The van der Waals surface area contributed by atoms with Gasteiger partial charge in [-0.2, -0.15) is 0 Å². The van der Waals surface area contributed by atoms with Crippen molar-refractivity contribution in [1.29, 1.82) is 0 Å². The average molecular weight is 389 g/mol. The van der Waals surface area contributed by atoms with Crippen molar-refractivity contribution in [3.63, 3.8) is 0 Å². The van der Waals surface area contributed by atoms with Gasteiger partial charge in [0.05, 0.1) is 5.69 Å². The van der Waals surface area contributed by atoms with E-state index in [1.54, 1.807) is 18.2 Å². The second kappa shape index (κ2) is 14.4. The molecule has 1 aromatic carbocycles. The van der Waals surface area contributed by atoms with E-state index in [-0.39, 0.29) is 0 Å². The lowest BCUT2D eigenvalue weighted by atomic mass is 9.92. The molecule has 0 bridgehead atoms. The van der Waals surface area contributed by atoms with Gasteiger partial charge in [-0.1, -0.05) is 24.3 Å². The van der Waals surface area contributed by atoms with Crippen LogP contribution in [0.3, 0.4) is 0 Å². The summed E-state index contributed by atoms with van der Waals surface area (Å²) in [5, 5.41) is 0. The van der Waals surface area contributed by atoms with E-state index in [1.807, 2.05) is 27.7 Å². The molecular formula is C24H40N2O2. The van der Waals surface area contributed by atoms with E-state index < -0.39 is 0 Å². The van der Waals surface area contributed by atoms with Gasteiger partial charge in [0.2, 0.25) is 0 Å². The topological polar surface area (TPSA) is 38.5 Å². The molecule has 0 amide bonds. The van der Waals surface area contributed by atoms with Crippen molar-refractivity contribution in [3.8, 4) is 0 Å². The number of methoxy groups -OCH3 is 1. The predicted octanol–water partition coefficient (Wildman–Crippen LogP) is 5.53. The fourth-order valence-corrected chi connectivity index (χ4v) is 3.18. The van der Waals surface area contributed by atoms with Crippen LogP contribution in [0.2, 0.25) is 0 Å². The molecule has 2 aliphatic rings. The molecular weight excluding hydrogens is 348 g/mol. The van der Waals surface area contributed by atoms with Crippen LogP contribution in [0.1, 0.15) is 61.1 Å². The second-order valence-corrected chi connectivity index (χ2v) is 7.44. The lowest BCUT2D eigenvalue weighted by Gasteiger charge is -2.13. The molecule has 1 fully saturated rings. The summed E-state index contributed by atoms with van der Waals surface area (Å²) in [5.41, 5.74) is 4.14. The minimum absolute atomic E-state index is 0.750. The van der Waals surface area contributed by atoms with Gasteiger partial charge in [-0.05, 0) is 90.6 Å². The Morgan fingerprint density at radius 1 is 0.964 bits per heavy atom. The molecule has 4 rings (SSSR count). The zero-order valence-corrected chi connectivity index (χ0v) is 18.9. The number of nitrogens with zero attached hydrogens (tertiary/aromatic N) is 2.